The Morgan fingerprint density at radius 3 is 2.19 bits per heavy atom. The molecule has 1 amide bonds. The molecule has 0 unspecified atom stereocenters. The van der Waals surface area contributed by atoms with E-state index in [-0.39, 0.29) is 0 Å². The van der Waals surface area contributed by atoms with E-state index in [1.54, 1.807) is 0 Å². The van der Waals surface area contributed by atoms with Crippen LogP contribution in [-0.4, -0.2) is 72.5 Å². The highest BCUT2D eigenvalue weighted by atomic mass is 16.2. The maximum atomic E-state index is 12.3. The summed E-state index contributed by atoms with van der Waals surface area (Å²) in [7, 11) is 0. The highest BCUT2D eigenvalue weighted by molar-refractivity contribution is 5.81. The van der Waals surface area contributed by atoms with Crippen LogP contribution in [0.1, 0.15) is 39.5 Å². The molecule has 4 nitrogen and oxygen atoms in total. The second kappa shape index (κ2) is 6.66. The van der Waals surface area contributed by atoms with Crippen molar-refractivity contribution in [2.45, 2.75) is 45.6 Å². The van der Waals surface area contributed by atoms with E-state index in [0.29, 0.717) is 17.7 Å². The Kier molecular flexibility index (Phi) is 4.85. The van der Waals surface area contributed by atoms with Crippen molar-refractivity contribution in [1.82, 2.24) is 14.7 Å². The maximum Gasteiger partial charge on any atom is 0.226 e. The molecule has 0 N–H and O–H groups in total. The molecule has 2 aliphatic heterocycles. The Balaban J connectivity index is 1.41. The van der Waals surface area contributed by atoms with Crippen molar-refractivity contribution in [3.8, 4) is 0 Å². The molecule has 2 atom stereocenters. The van der Waals surface area contributed by atoms with Crippen molar-refractivity contribution in [2.75, 3.05) is 45.8 Å². The molecule has 21 heavy (non-hydrogen) atoms. The maximum absolute atomic E-state index is 12.3. The molecule has 1 aliphatic carbocycles. The average molecular weight is 293 g/mol. The summed E-state index contributed by atoms with van der Waals surface area (Å²) in [4.78, 5) is 19.6. The van der Waals surface area contributed by atoms with Crippen molar-refractivity contribution < 1.29 is 4.79 Å². The molecule has 3 rings (SSSR count). The van der Waals surface area contributed by atoms with Crippen LogP contribution in [0.3, 0.4) is 0 Å². The number of piperidine rings is 1. The van der Waals surface area contributed by atoms with Crippen LogP contribution in [0.15, 0.2) is 0 Å². The van der Waals surface area contributed by atoms with Crippen LogP contribution in [0.25, 0.3) is 0 Å². The Hall–Kier alpha value is -0.610. The van der Waals surface area contributed by atoms with E-state index < -0.39 is 0 Å². The van der Waals surface area contributed by atoms with Gasteiger partial charge in [0.05, 0.1) is 0 Å². The molecule has 0 bridgehead atoms. The van der Waals surface area contributed by atoms with Gasteiger partial charge >= 0.3 is 0 Å². The second-order valence-corrected chi connectivity index (χ2v) is 7.25. The SMILES string of the molecule is CCCN1CCC(N2CCN(C(=O)[C@H]3C[C@@H]3C)CC2)CC1. The molecule has 3 aliphatic rings. The van der Waals surface area contributed by atoms with Gasteiger partial charge in [-0.3, -0.25) is 9.69 Å². The van der Waals surface area contributed by atoms with Crippen LogP contribution in [-0.2, 0) is 4.79 Å². The molecule has 4 heteroatoms. The second-order valence-electron chi connectivity index (χ2n) is 7.25. The van der Waals surface area contributed by atoms with Gasteiger partial charge in [-0.1, -0.05) is 13.8 Å². The van der Waals surface area contributed by atoms with Gasteiger partial charge in [0, 0.05) is 38.1 Å². The Bertz CT molecular complexity index is 357. The predicted octanol–water partition coefficient (Wildman–Crippen LogP) is 1.66. The van der Waals surface area contributed by atoms with Gasteiger partial charge in [-0.05, 0) is 51.2 Å². The van der Waals surface area contributed by atoms with Crippen molar-refractivity contribution in [3.63, 3.8) is 0 Å². The number of carbonyl (C=O) groups is 1. The van der Waals surface area contributed by atoms with E-state index in [1.807, 2.05) is 0 Å². The minimum Gasteiger partial charge on any atom is -0.340 e. The van der Waals surface area contributed by atoms with Gasteiger partial charge in [-0.25, -0.2) is 0 Å². The molecule has 2 heterocycles. The highest BCUT2D eigenvalue weighted by Crippen LogP contribution is 2.39. The van der Waals surface area contributed by atoms with Crippen molar-refractivity contribution in [3.05, 3.63) is 0 Å². The Labute approximate surface area is 129 Å². The molecule has 0 aromatic heterocycles. The lowest BCUT2D eigenvalue weighted by atomic mass is 10.0. The summed E-state index contributed by atoms with van der Waals surface area (Å²) in [5.41, 5.74) is 0. The number of piperazine rings is 1. The fourth-order valence-electron chi connectivity index (χ4n) is 4.03. The van der Waals surface area contributed by atoms with E-state index in [0.717, 1.165) is 38.6 Å². The normalized spacial score (nSPS) is 32.4. The molecule has 3 fully saturated rings. The molecule has 0 aromatic carbocycles. The van der Waals surface area contributed by atoms with Gasteiger partial charge in [-0.2, -0.15) is 0 Å². The molecule has 1 saturated carbocycles. The zero-order valence-corrected chi connectivity index (χ0v) is 13.8. The fraction of sp³-hybridized carbons (Fsp3) is 0.941. The summed E-state index contributed by atoms with van der Waals surface area (Å²) in [6, 6.07) is 0.759. The lowest BCUT2D eigenvalue weighted by Crippen LogP contribution is -2.54. The summed E-state index contributed by atoms with van der Waals surface area (Å²) >= 11 is 0. The number of hydrogen-bond acceptors (Lipinski definition) is 3. The van der Waals surface area contributed by atoms with E-state index in [1.165, 1.54) is 38.9 Å². The van der Waals surface area contributed by atoms with Crippen molar-refractivity contribution >= 4 is 5.91 Å². The van der Waals surface area contributed by atoms with Crippen LogP contribution in [0.4, 0.5) is 0 Å². The average Bonchev–Trinajstić information content (AvgIpc) is 3.25. The molecule has 2 saturated heterocycles. The molecular weight excluding hydrogens is 262 g/mol. The van der Waals surface area contributed by atoms with Crippen LogP contribution in [0.2, 0.25) is 0 Å². The largest absolute Gasteiger partial charge is 0.340 e. The molecule has 0 radical (unpaired) electrons. The summed E-state index contributed by atoms with van der Waals surface area (Å²) in [5.74, 6) is 1.42. The lowest BCUT2D eigenvalue weighted by molar-refractivity contribution is -0.135. The van der Waals surface area contributed by atoms with Gasteiger partial charge in [-0.15, -0.1) is 0 Å². The topological polar surface area (TPSA) is 26.8 Å². The quantitative estimate of drug-likeness (QED) is 0.789. The van der Waals surface area contributed by atoms with Crippen LogP contribution in [0.5, 0.6) is 0 Å². The molecule has 0 aromatic rings. The van der Waals surface area contributed by atoms with Gasteiger partial charge < -0.3 is 9.80 Å². The van der Waals surface area contributed by atoms with Crippen molar-refractivity contribution in [1.29, 1.82) is 0 Å². The number of likely N-dealkylation sites (tertiary alicyclic amines) is 1. The third-order valence-corrected chi connectivity index (χ3v) is 5.67. The smallest absolute Gasteiger partial charge is 0.226 e. The summed E-state index contributed by atoms with van der Waals surface area (Å²) in [5, 5.41) is 0. The third kappa shape index (κ3) is 3.59. The number of hydrogen-bond donors (Lipinski definition) is 0. The van der Waals surface area contributed by atoms with Gasteiger partial charge in [0.2, 0.25) is 5.91 Å². The standard InChI is InChI=1S/C17H31N3O/c1-3-6-18-7-4-15(5-8-18)19-9-11-20(12-10-19)17(21)16-13-14(16)2/h14-16H,3-13H2,1-2H3/t14-,16-/m0/s1. The summed E-state index contributed by atoms with van der Waals surface area (Å²) in [6.45, 7) is 12.3. The first-order chi connectivity index (χ1) is 10.2. The van der Waals surface area contributed by atoms with E-state index >= 15 is 0 Å². The minimum atomic E-state index is 0.355. The third-order valence-electron chi connectivity index (χ3n) is 5.67. The zero-order chi connectivity index (χ0) is 14.8. The van der Waals surface area contributed by atoms with E-state index in [2.05, 4.69) is 28.5 Å². The summed E-state index contributed by atoms with van der Waals surface area (Å²) < 4.78 is 0. The number of amides is 1. The fourth-order valence-corrected chi connectivity index (χ4v) is 4.03. The van der Waals surface area contributed by atoms with E-state index in [9.17, 15) is 4.79 Å². The van der Waals surface area contributed by atoms with E-state index in [4.69, 9.17) is 0 Å². The molecule has 0 spiro atoms. The Morgan fingerprint density at radius 1 is 1.05 bits per heavy atom. The first-order valence-corrected chi connectivity index (χ1v) is 8.94. The number of nitrogens with zero attached hydrogens (tertiary/aromatic N) is 3. The lowest BCUT2D eigenvalue weighted by Gasteiger charge is -2.42. The minimum absolute atomic E-state index is 0.355. The first kappa shape index (κ1) is 15.3. The van der Waals surface area contributed by atoms with Crippen molar-refractivity contribution in [2.24, 2.45) is 11.8 Å². The highest BCUT2D eigenvalue weighted by Gasteiger charge is 2.42. The number of rotatable bonds is 4. The molecule has 120 valence electrons. The predicted molar refractivity (Wildman–Crippen MR) is 85.2 cm³/mol. The van der Waals surface area contributed by atoms with Gasteiger partial charge in [0.1, 0.15) is 0 Å². The zero-order valence-electron chi connectivity index (χ0n) is 13.8. The van der Waals surface area contributed by atoms with Crippen LogP contribution >= 0.6 is 0 Å². The number of carbonyl (C=O) groups excluding carboxylic acids is 1. The van der Waals surface area contributed by atoms with Gasteiger partial charge in [0.25, 0.3) is 0 Å². The molecular formula is C17H31N3O. The van der Waals surface area contributed by atoms with Crippen LogP contribution < -0.4 is 0 Å². The Morgan fingerprint density at radius 2 is 1.67 bits per heavy atom. The monoisotopic (exact) mass is 293 g/mol. The van der Waals surface area contributed by atoms with Crippen LogP contribution in [0, 0.1) is 11.8 Å². The first-order valence-electron chi connectivity index (χ1n) is 8.94. The van der Waals surface area contributed by atoms with Gasteiger partial charge in [0.15, 0.2) is 0 Å². The summed E-state index contributed by atoms with van der Waals surface area (Å²) in [6.07, 6.45) is 5.02.